The summed E-state index contributed by atoms with van der Waals surface area (Å²) in [5.41, 5.74) is 0. The van der Waals surface area contributed by atoms with Crippen molar-refractivity contribution in [3.63, 3.8) is 0 Å². The molecule has 0 bridgehead atoms. The van der Waals surface area contributed by atoms with Crippen LogP contribution in [0.15, 0.2) is 12.2 Å². The van der Waals surface area contributed by atoms with E-state index in [1.54, 1.807) is 26.0 Å². The Kier molecular flexibility index (Phi) is 6.26. The third-order valence-corrected chi connectivity index (χ3v) is 2.55. The van der Waals surface area contributed by atoms with Gasteiger partial charge in [0, 0.05) is 14.2 Å². The van der Waals surface area contributed by atoms with Crippen LogP contribution in [0.5, 0.6) is 0 Å². The number of hydrogen-bond donors (Lipinski definition) is 0. The molecule has 8 heteroatoms. The average Bonchev–Trinajstić information content (AvgIpc) is 2.45. The van der Waals surface area contributed by atoms with Crippen molar-refractivity contribution < 1.29 is 28.5 Å². The highest BCUT2D eigenvalue weighted by molar-refractivity contribution is 5.75. The maximum Gasteiger partial charge on any atom is 0.431 e. The predicted octanol–water partition coefficient (Wildman–Crippen LogP) is 1.33. The first-order chi connectivity index (χ1) is 9.60. The highest BCUT2D eigenvalue weighted by Crippen LogP contribution is 2.21. The van der Waals surface area contributed by atoms with Gasteiger partial charge >= 0.3 is 12.2 Å². The molecule has 2 unspecified atom stereocenters. The van der Waals surface area contributed by atoms with Crippen molar-refractivity contribution in [1.29, 1.82) is 0 Å². The highest BCUT2D eigenvalue weighted by Gasteiger charge is 2.40. The van der Waals surface area contributed by atoms with Crippen molar-refractivity contribution in [2.24, 2.45) is 0 Å². The number of hydrogen-bond acceptors (Lipinski definition) is 6. The molecule has 0 aromatic heterocycles. The lowest BCUT2D eigenvalue weighted by atomic mass is 10.3. The Morgan fingerprint density at radius 3 is 1.50 bits per heavy atom. The van der Waals surface area contributed by atoms with E-state index in [1.165, 1.54) is 14.2 Å². The van der Waals surface area contributed by atoms with Crippen molar-refractivity contribution in [3.8, 4) is 0 Å². The van der Waals surface area contributed by atoms with Crippen LogP contribution in [-0.2, 0) is 18.9 Å². The maximum absolute atomic E-state index is 12.0. The minimum atomic E-state index is -0.773. The summed E-state index contributed by atoms with van der Waals surface area (Å²) < 4.78 is 20.2. The molecule has 0 N–H and O–H groups in total. The van der Waals surface area contributed by atoms with Gasteiger partial charge in [-0.2, -0.15) is 10.0 Å². The first-order valence-electron chi connectivity index (χ1n) is 6.26. The number of ether oxygens (including phenoxy) is 4. The summed E-state index contributed by atoms with van der Waals surface area (Å²) in [4.78, 5) is 24.1. The fourth-order valence-corrected chi connectivity index (χ4v) is 1.72. The summed E-state index contributed by atoms with van der Waals surface area (Å²) >= 11 is 0. The predicted molar refractivity (Wildman–Crippen MR) is 68.5 cm³/mol. The summed E-state index contributed by atoms with van der Waals surface area (Å²) in [5, 5.41) is 2.05. The molecule has 0 radical (unpaired) electrons. The standard InChI is InChI=1S/C12H20N2O6/c1-5-19-11(15)13-9(17-3)7-8-10(18-4)14(13)12(16)20-6-2/h7-10H,5-6H2,1-4H3. The Bertz CT molecular complexity index is 339. The van der Waals surface area contributed by atoms with E-state index in [9.17, 15) is 9.59 Å². The Hall–Kier alpha value is -1.80. The minimum absolute atomic E-state index is 0.170. The first-order valence-corrected chi connectivity index (χ1v) is 6.26. The zero-order valence-corrected chi connectivity index (χ0v) is 12.1. The van der Waals surface area contributed by atoms with Crippen molar-refractivity contribution in [1.82, 2.24) is 10.0 Å². The van der Waals surface area contributed by atoms with Gasteiger partial charge in [-0.25, -0.2) is 9.59 Å². The van der Waals surface area contributed by atoms with E-state index >= 15 is 0 Å². The van der Waals surface area contributed by atoms with Gasteiger partial charge < -0.3 is 18.9 Å². The minimum Gasteiger partial charge on any atom is -0.448 e. The van der Waals surface area contributed by atoms with Crippen molar-refractivity contribution >= 4 is 12.2 Å². The van der Waals surface area contributed by atoms with E-state index in [0.717, 1.165) is 10.0 Å². The molecule has 0 saturated heterocycles. The van der Waals surface area contributed by atoms with Crippen molar-refractivity contribution in [3.05, 3.63) is 12.2 Å². The quantitative estimate of drug-likeness (QED) is 0.726. The van der Waals surface area contributed by atoms with Crippen LogP contribution in [0.4, 0.5) is 9.59 Å². The van der Waals surface area contributed by atoms with E-state index in [0.29, 0.717) is 0 Å². The summed E-state index contributed by atoms with van der Waals surface area (Å²) in [5.74, 6) is 0. The Morgan fingerprint density at radius 1 is 0.900 bits per heavy atom. The van der Waals surface area contributed by atoms with E-state index in [1.807, 2.05) is 0 Å². The number of rotatable bonds is 4. The first kappa shape index (κ1) is 16.3. The van der Waals surface area contributed by atoms with Gasteiger partial charge in [-0.1, -0.05) is 0 Å². The van der Waals surface area contributed by atoms with Gasteiger partial charge in [-0.15, -0.1) is 0 Å². The number of hydrazine groups is 1. The van der Waals surface area contributed by atoms with Gasteiger partial charge in [0.25, 0.3) is 0 Å². The van der Waals surface area contributed by atoms with Crippen LogP contribution in [0, 0.1) is 0 Å². The molecule has 2 atom stereocenters. The lowest BCUT2D eigenvalue weighted by Crippen LogP contribution is -2.61. The molecule has 1 aliphatic heterocycles. The monoisotopic (exact) mass is 288 g/mol. The number of amides is 2. The van der Waals surface area contributed by atoms with Crippen LogP contribution in [0.3, 0.4) is 0 Å². The molecule has 114 valence electrons. The molecule has 0 aromatic rings. The third kappa shape index (κ3) is 3.40. The van der Waals surface area contributed by atoms with Crippen LogP contribution >= 0.6 is 0 Å². The number of nitrogens with zero attached hydrogens (tertiary/aromatic N) is 2. The van der Waals surface area contributed by atoms with Crippen molar-refractivity contribution in [2.75, 3.05) is 27.4 Å². The van der Waals surface area contributed by atoms with Crippen LogP contribution < -0.4 is 0 Å². The molecule has 0 aliphatic carbocycles. The molecule has 8 nitrogen and oxygen atoms in total. The van der Waals surface area contributed by atoms with E-state index < -0.39 is 24.6 Å². The smallest absolute Gasteiger partial charge is 0.431 e. The Balaban J connectivity index is 3.09. The molecule has 1 aliphatic rings. The topological polar surface area (TPSA) is 77.5 Å². The molecule has 1 rings (SSSR count). The molecule has 0 aromatic carbocycles. The van der Waals surface area contributed by atoms with E-state index in [-0.39, 0.29) is 13.2 Å². The van der Waals surface area contributed by atoms with E-state index in [4.69, 9.17) is 18.9 Å². The number of methoxy groups -OCH3 is 2. The second kappa shape index (κ2) is 7.71. The van der Waals surface area contributed by atoms with Gasteiger partial charge in [-0.05, 0) is 26.0 Å². The van der Waals surface area contributed by atoms with Crippen LogP contribution in [0.2, 0.25) is 0 Å². The lowest BCUT2D eigenvalue weighted by Gasteiger charge is -2.41. The summed E-state index contributed by atoms with van der Waals surface area (Å²) in [6.07, 6.45) is 0.203. The fourth-order valence-electron chi connectivity index (χ4n) is 1.72. The Morgan fingerprint density at radius 2 is 1.25 bits per heavy atom. The molecule has 1 heterocycles. The third-order valence-electron chi connectivity index (χ3n) is 2.55. The van der Waals surface area contributed by atoms with Crippen LogP contribution in [-0.4, -0.2) is 62.1 Å². The summed E-state index contributed by atoms with van der Waals surface area (Å²) in [6.45, 7) is 3.68. The van der Waals surface area contributed by atoms with Crippen LogP contribution in [0.25, 0.3) is 0 Å². The molecular formula is C12H20N2O6. The van der Waals surface area contributed by atoms with Gasteiger partial charge in [0.2, 0.25) is 0 Å². The second-order valence-electron chi connectivity index (χ2n) is 3.72. The molecule has 0 spiro atoms. The molecule has 20 heavy (non-hydrogen) atoms. The maximum atomic E-state index is 12.0. The fraction of sp³-hybridized carbons (Fsp3) is 0.667. The second-order valence-corrected chi connectivity index (χ2v) is 3.72. The molecule has 0 fully saturated rings. The van der Waals surface area contributed by atoms with Crippen molar-refractivity contribution in [2.45, 2.75) is 26.3 Å². The van der Waals surface area contributed by atoms with Gasteiger partial charge in [-0.3, -0.25) is 0 Å². The van der Waals surface area contributed by atoms with Crippen LogP contribution in [0.1, 0.15) is 13.8 Å². The van der Waals surface area contributed by atoms with Gasteiger partial charge in [0.15, 0.2) is 12.5 Å². The summed E-state index contributed by atoms with van der Waals surface area (Å²) in [7, 11) is 2.83. The Labute approximate surface area is 117 Å². The SMILES string of the molecule is CCOC(=O)N1C(OC)C=CC(OC)N1C(=O)OCC. The number of carbonyl (C=O) groups is 2. The molecule has 0 saturated carbocycles. The number of carbonyl (C=O) groups excluding carboxylic acids is 2. The summed E-state index contributed by atoms with van der Waals surface area (Å²) in [6, 6.07) is 0. The largest absolute Gasteiger partial charge is 0.448 e. The highest BCUT2D eigenvalue weighted by atomic mass is 16.6. The normalized spacial score (nSPS) is 21.8. The van der Waals surface area contributed by atoms with Gasteiger partial charge in [0.1, 0.15) is 0 Å². The molecule has 2 amide bonds. The average molecular weight is 288 g/mol. The molecular weight excluding hydrogens is 268 g/mol. The zero-order chi connectivity index (χ0) is 15.1. The zero-order valence-electron chi connectivity index (χ0n) is 12.1. The van der Waals surface area contributed by atoms with Gasteiger partial charge in [0.05, 0.1) is 13.2 Å². The van der Waals surface area contributed by atoms with E-state index in [2.05, 4.69) is 0 Å². The lowest BCUT2D eigenvalue weighted by molar-refractivity contribution is -0.166.